The highest BCUT2D eigenvalue weighted by Gasteiger charge is 2.13. The Morgan fingerprint density at radius 2 is 1.95 bits per heavy atom. The van der Waals surface area contributed by atoms with E-state index in [-0.39, 0.29) is 6.04 Å². The normalized spacial score (nSPS) is 12.6. The minimum atomic E-state index is -0.520. The first-order valence-corrected chi connectivity index (χ1v) is 7.33. The van der Waals surface area contributed by atoms with Crippen molar-refractivity contribution in [3.05, 3.63) is 57.8 Å². The lowest BCUT2D eigenvalue weighted by molar-refractivity contribution is 0.503. The summed E-state index contributed by atoms with van der Waals surface area (Å²) in [6.45, 7) is 2.76. The van der Waals surface area contributed by atoms with Crippen molar-refractivity contribution < 1.29 is 8.78 Å². The highest BCUT2D eigenvalue weighted by atomic mass is 32.1. The van der Waals surface area contributed by atoms with Gasteiger partial charge in [0, 0.05) is 12.1 Å². The van der Waals surface area contributed by atoms with Crippen molar-refractivity contribution in [2.24, 2.45) is 0 Å². The summed E-state index contributed by atoms with van der Waals surface area (Å²) in [5.74, 6) is -1.04. The van der Waals surface area contributed by atoms with E-state index in [0.29, 0.717) is 5.56 Å². The van der Waals surface area contributed by atoms with E-state index in [1.807, 2.05) is 12.3 Å². The summed E-state index contributed by atoms with van der Waals surface area (Å²) in [7, 11) is 0. The number of rotatable bonds is 6. The Labute approximate surface area is 116 Å². The molecule has 4 heteroatoms. The van der Waals surface area contributed by atoms with Gasteiger partial charge in [-0.15, -0.1) is 0 Å². The summed E-state index contributed by atoms with van der Waals surface area (Å²) in [6.07, 6.45) is 1.73. The summed E-state index contributed by atoms with van der Waals surface area (Å²) in [5.41, 5.74) is 1.94. The van der Waals surface area contributed by atoms with Gasteiger partial charge in [-0.25, -0.2) is 8.78 Å². The van der Waals surface area contributed by atoms with Crippen molar-refractivity contribution in [2.45, 2.75) is 25.8 Å². The SMILES string of the molecule is CCNC(CCc1ccsc1)c1cc(F)cc(F)c1. The molecule has 0 aliphatic heterocycles. The maximum Gasteiger partial charge on any atom is 0.126 e. The Bertz CT molecular complexity index is 491. The van der Waals surface area contributed by atoms with Gasteiger partial charge < -0.3 is 5.32 Å². The molecule has 2 rings (SSSR count). The van der Waals surface area contributed by atoms with Crippen molar-refractivity contribution in [1.29, 1.82) is 0 Å². The molecule has 1 N–H and O–H groups in total. The second-order valence-electron chi connectivity index (χ2n) is 4.48. The third-order valence-electron chi connectivity index (χ3n) is 3.04. The zero-order valence-corrected chi connectivity index (χ0v) is 11.6. The quantitative estimate of drug-likeness (QED) is 0.832. The number of halogens is 2. The Morgan fingerprint density at radius 1 is 1.21 bits per heavy atom. The predicted octanol–water partition coefficient (Wildman–Crippen LogP) is 4.31. The molecular formula is C15H17F2NS. The number of hydrogen-bond donors (Lipinski definition) is 1. The van der Waals surface area contributed by atoms with Crippen LogP contribution in [0.1, 0.15) is 30.5 Å². The van der Waals surface area contributed by atoms with Crippen LogP contribution in [0.5, 0.6) is 0 Å². The van der Waals surface area contributed by atoms with Gasteiger partial charge in [0.2, 0.25) is 0 Å². The lowest BCUT2D eigenvalue weighted by Gasteiger charge is -2.18. The second kappa shape index (κ2) is 6.78. The van der Waals surface area contributed by atoms with E-state index in [9.17, 15) is 8.78 Å². The fourth-order valence-electron chi connectivity index (χ4n) is 2.16. The highest BCUT2D eigenvalue weighted by Crippen LogP contribution is 2.22. The molecule has 0 aliphatic rings. The largest absolute Gasteiger partial charge is 0.310 e. The van der Waals surface area contributed by atoms with Crippen LogP contribution in [-0.4, -0.2) is 6.54 Å². The number of aryl methyl sites for hydroxylation is 1. The first-order valence-electron chi connectivity index (χ1n) is 6.39. The fraction of sp³-hybridized carbons (Fsp3) is 0.333. The van der Waals surface area contributed by atoms with E-state index in [4.69, 9.17) is 0 Å². The molecule has 1 unspecified atom stereocenters. The molecule has 0 bridgehead atoms. The zero-order chi connectivity index (χ0) is 13.7. The van der Waals surface area contributed by atoms with Crippen LogP contribution in [0.25, 0.3) is 0 Å². The fourth-order valence-corrected chi connectivity index (χ4v) is 2.86. The third-order valence-corrected chi connectivity index (χ3v) is 3.77. The van der Waals surface area contributed by atoms with Gasteiger partial charge in [-0.2, -0.15) is 11.3 Å². The molecule has 2 aromatic rings. The molecule has 19 heavy (non-hydrogen) atoms. The van der Waals surface area contributed by atoms with Gasteiger partial charge in [-0.1, -0.05) is 6.92 Å². The zero-order valence-electron chi connectivity index (χ0n) is 10.8. The number of nitrogens with one attached hydrogen (secondary N) is 1. The molecule has 1 aromatic carbocycles. The molecule has 0 amide bonds. The first-order chi connectivity index (χ1) is 9.19. The maximum absolute atomic E-state index is 13.3. The van der Waals surface area contributed by atoms with Gasteiger partial charge in [-0.05, 0) is 59.5 Å². The summed E-state index contributed by atoms with van der Waals surface area (Å²) >= 11 is 1.66. The average molecular weight is 281 g/mol. The van der Waals surface area contributed by atoms with Gasteiger partial charge in [0.1, 0.15) is 11.6 Å². The molecule has 102 valence electrons. The third kappa shape index (κ3) is 4.11. The smallest absolute Gasteiger partial charge is 0.126 e. The lowest BCUT2D eigenvalue weighted by atomic mass is 9.99. The van der Waals surface area contributed by atoms with Crippen molar-refractivity contribution in [1.82, 2.24) is 5.32 Å². The van der Waals surface area contributed by atoms with Gasteiger partial charge in [0.25, 0.3) is 0 Å². The van der Waals surface area contributed by atoms with Crippen molar-refractivity contribution in [2.75, 3.05) is 6.54 Å². The van der Waals surface area contributed by atoms with Crippen molar-refractivity contribution >= 4 is 11.3 Å². The van der Waals surface area contributed by atoms with Gasteiger partial charge in [0.15, 0.2) is 0 Å². The van der Waals surface area contributed by atoms with Crippen molar-refractivity contribution in [3.63, 3.8) is 0 Å². The Kier molecular flexibility index (Phi) is 5.05. The molecule has 0 fully saturated rings. The Morgan fingerprint density at radius 3 is 2.53 bits per heavy atom. The van der Waals surface area contributed by atoms with Crippen LogP contribution in [0.3, 0.4) is 0 Å². The van der Waals surface area contributed by atoms with Gasteiger partial charge in [-0.3, -0.25) is 0 Å². The van der Waals surface area contributed by atoms with E-state index in [1.54, 1.807) is 11.3 Å². The number of hydrogen-bond acceptors (Lipinski definition) is 2. The monoisotopic (exact) mass is 281 g/mol. The average Bonchev–Trinajstić information content (AvgIpc) is 2.86. The molecule has 0 spiro atoms. The Hall–Kier alpha value is -1.26. The second-order valence-corrected chi connectivity index (χ2v) is 5.26. The van der Waals surface area contributed by atoms with Crippen LogP contribution >= 0.6 is 11.3 Å². The standard InChI is InChI=1S/C15H17F2NS/c1-2-18-15(4-3-11-5-6-19-10-11)12-7-13(16)9-14(17)8-12/h5-10,15,18H,2-4H2,1H3. The van der Waals surface area contributed by atoms with Crippen LogP contribution in [0, 0.1) is 11.6 Å². The first kappa shape index (κ1) is 14.2. The highest BCUT2D eigenvalue weighted by molar-refractivity contribution is 7.07. The van der Waals surface area contributed by atoms with Crippen LogP contribution in [-0.2, 0) is 6.42 Å². The lowest BCUT2D eigenvalue weighted by Crippen LogP contribution is -2.21. The molecule has 0 saturated carbocycles. The summed E-state index contributed by atoms with van der Waals surface area (Å²) in [5, 5.41) is 7.43. The predicted molar refractivity (Wildman–Crippen MR) is 75.4 cm³/mol. The molecule has 1 nitrogen and oxygen atoms in total. The van der Waals surface area contributed by atoms with E-state index in [1.165, 1.54) is 17.7 Å². The molecule has 0 radical (unpaired) electrons. The van der Waals surface area contributed by atoms with Crippen LogP contribution in [0.15, 0.2) is 35.0 Å². The van der Waals surface area contributed by atoms with Crippen LogP contribution < -0.4 is 5.32 Å². The molecule has 1 aromatic heterocycles. The number of thiophene rings is 1. The van der Waals surface area contributed by atoms with E-state index < -0.39 is 11.6 Å². The van der Waals surface area contributed by atoms with Crippen molar-refractivity contribution in [3.8, 4) is 0 Å². The topological polar surface area (TPSA) is 12.0 Å². The van der Waals surface area contributed by atoms with E-state index in [0.717, 1.165) is 25.5 Å². The Balaban J connectivity index is 2.09. The summed E-state index contributed by atoms with van der Waals surface area (Å²) < 4.78 is 26.6. The maximum atomic E-state index is 13.3. The molecular weight excluding hydrogens is 264 g/mol. The molecule has 1 heterocycles. The molecule has 0 saturated heterocycles. The van der Waals surface area contributed by atoms with Gasteiger partial charge in [0.05, 0.1) is 0 Å². The number of benzene rings is 1. The minimum absolute atomic E-state index is 0.0184. The molecule has 0 aliphatic carbocycles. The summed E-state index contributed by atoms with van der Waals surface area (Å²) in [6, 6.07) is 5.79. The molecule has 1 atom stereocenters. The minimum Gasteiger partial charge on any atom is -0.310 e. The van der Waals surface area contributed by atoms with Crippen LogP contribution in [0.4, 0.5) is 8.78 Å². The summed E-state index contributed by atoms with van der Waals surface area (Å²) in [4.78, 5) is 0. The van der Waals surface area contributed by atoms with E-state index in [2.05, 4.69) is 16.8 Å². The van der Waals surface area contributed by atoms with E-state index >= 15 is 0 Å². The van der Waals surface area contributed by atoms with Crippen LogP contribution in [0.2, 0.25) is 0 Å². The van der Waals surface area contributed by atoms with Gasteiger partial charge >= 0.3 is 0 Å².